The molecule has 0 fully saturated rings. The van der Waals surface area contributed by atoms with Gasteiger partial charge in [-0.25, -0.2) is 4.98 Å². The zero-order valence-electron chi connectivity index (χ0n) is 12.1. The van der Waals surface area contributed by atoms with E-state index in [1.54, 1.807) is 12.3 Å². The molecular weight excluding hydrogens is 262 g/mol. The molecule has 0 spiro atoms. The summed E-state index contributed by atoms with van der Waals surface area (Å²) in [5.41, 5.74) is 4.95. The predicted molar refractivity (Wildman–Crippen MR) is 84.8 cm³/mol. The van der Waals surface area contributed by atoms with Gasteiger partial charge < -0.3 is 10.6 Å². The van der Waals surface area contributed by atoms with Crippen molar-refractivity contribution in [2.45, 2.75) is 26.2 Å². The molecule has 1 aromatic heterocycles. The first-order valence-corrected chi connectivity index (χ1v) is 7.39. The minimum absolute atomic E-state index is 0.170. The fourth-order valence-corrected chi connectivity index (χ4v) is 2.68. The smallest absolute Gasteiger partial charge is 0.274 e. The lowest BCUT2D eigenvalue weighted by Gasteiger charge is -2.08. The van der Waals surface area contributed by atoms with Crippen LogP contribution in [0.1, 0.15) is 35.0 Å². The van der Waals surface area contributed by atoms with Crippen molar-refractivity contribution in [2.75, 3.05) is 17.2 Å². The number of anilines is 2. The Hall–Kier alpha value is -2.36. The lowest BCUT2D eigenvalue weighted by atomic mass is 10.1. The van der Waals surface area contributed by atoms with Gasteiger partial charge in [0.2, 0.25) is 0 Å². The second-order valence-electron chi connectivity index (χ2n) is 5.25. The molecule has 108 valence electrons. The summed E-state index contributed by atoms with van der Waals surface area (Å²) in [7, 11) is 0. The summed E-state index contributed by atoms with van der Waals surface area (Å²) in [4.78, 5) is 16.4. The van der Waals surface area contributed by atoms with Gasteiger partial charge in [0.05, 0.1) is 11.9 Å². The molecular formula is C17H19N3O. The number of fused-ring (bicyclic) bond motifs is 1. The van der Waals surface area contributed by atoms with E-state index in [-0.39, 0.29) is 5.91 Å². The van der Waals surface area contributed by atoms with Gasteiger partial charge in [-0.2, -0.15) is 0 Å². The molecule has 0 aliphatic heterocycles. The molecule has 1 aliphatic rings. The van der Waals surface area contributed by atoms with Crippen LogP contribution in [-0.2, 0) is 12.8 Å². The van der Waals surface area contributed by atoms with Crippen molar-refractivity contribution in [1.82, 2.24) is 4.98 Å². The average molecular weight is 281 g/mol. The van der Waals surface area contributed by atoms with Crippen LogP contribution < -0.4 is 10.6 Å². The first kappa shape index (κ1) is 13.6. The van der Waals surface area contributed by atoms with Crippen molar-refractivity contribution in [2.24, 2.45) is 0 Å². The van der Waals surface area contributed by atoms with Gasteiger partial charge in [0.1, 0.15) is 5.69 Å². The van der Waals surface area contributed by atoms with Crippen molar-refractivity contribution in [3.8, 4) is 0 Å². The minimum Gasteiger partial charge on any atom is -0.384 e. The van der Waals surface area contributed by atoms with Crippen LogP contribution in [0.5, 0.6) is 0 Å². The molecule has 0 saturated carbocycles. The number of nitrogens with zero attached hydrogens (tertiary/aromatic N) is 1. The van der Waals surface area contributed by atoms with E-state index in [4.69, 9.17) is 0 Å². The zero-order chi connectivity index (χ0) is 14.7. The molecule has 21 heavy (non-hydrogen) atoms. The van der Waals surface area contributed by atoms with Crippen molar-refractivity contribution >= 4 is 17.3 Å². The Kier molecular flexibility index (Phi) is 3.86. The molecule has 4 heteroatoms. The topological polar surface area (TPSA) is 54.0 Å². The second kappa shape index (κ2) is 5.95. The van der Waals surface area contributed by atoms with Gasteiger partial charge in [-0.1, -0.05) is 6.07 Å². The third-order valence-electron chi connectivity index (χ3n) is 3.73. The maximum Gasteiger partial charge on any atom is 0.274 e. The molecule has 0 bridgehead atoms. The van der Waals surface area contributed by atoms with E-state index in [0.29, 0.717) is 5.69 Å². The Balaban J connectivity index is 1.71. The van der Waals surface area contributed by atoms with E-state index in [1.807, 2.05) is 19.1 Å². The molecule has 0 unspecified atom stereocenters. The fraction of sp³-hybridized carbons (Fsp3) is 0.294. The van der Waals surface area contributed by atoms with E-state index in [0.717, 1.165) is 30.8 Å². The zero-order valence-corrected chi connectivity index (χ0v) is 12.1. The molecule has 1 amide bonds. The van der Waals surface area contributed by atoms with Gasteiger partial charge in [-0.15, -0.1) is 0 Å². The Bertz CT molecular complexity index is 650. The molecule has 0 saturated heterocycles. The quantitative estimate of drug-likeness (QED) is 0.904. The van der Waals surface area contributed by atoms with Crippen molar-refractivity contribution in [3.05, 3.63) is 53.3 Å². The normalized spacial score (nSPS) is 12.8. The van der Waals surface area contributed by atoms with Crippen LogP contribution in [-0.4, -0.2) is 17.4 Å². The number of rotatable bonds is 4. The lowest BCUT2D eigenvalue weighted by molar-refractivity contribution is 0.102. The van der Waals surface area contributed by atoms with Crippen LogP contribution in [0, 0.1) is 0 Å². The highest BCUT2D eigenvalue weighted by atomic mass is 16.1. The summed E-state index contributed by atoms with van der Waals surface area (Å²) in [6.07, 6.45) is 5.15. The standard InChI is InChI=1S/C17H19N3O/c1-2-18-15-8-9-16(19-11-15)17(21)20-14-7-6-12-4-3-5-13(12)10-14/h6-11,18H,2-5H2,1H3,(H,20,21). The summed E-state index contributed by atoms with van der Waals surface area (Å²) in [6.45, 7) is 2.86. The number of carbonyl (C=O) groups excluding carboxylic acids is 1. The lowest BCUT2D eigenvalue weighted by Crippen LogP contribution is -2.14. The van der Waals surface area contributed by atoms with Crippen LogP contribution >= 0.6 is 0 Å². The van der Waals surface area contributed by atoms with Crippen molar-refractivity contribution in [1.29, 1.82) is 0 Å². The molecule has 0 atom stereocenters. The van der Waals surface area contributed by atoms with E-state index >= 15 is 0 Å². The van der Waals surface area contributed by atoms with E-state index in [9.17, 15) is 4.79 Å². The number of benzene rings is 1. The van der Waals surface area contributed by atoms with Gasteiger partial charge in [-0.05, 0) is 61.6 Å². The highest BCUT2D eigenvalue weighted by Crippen LogP contribution is 2.25. The predicted octanol–water partition coefficient (Wildman–Crippen LogP) is 3.25. The Labute approximate surface area is 124 Å². The number of nitrogens with one attached hydrogen (secondary N) is 2. The molecule has 4 nitrogen and oxygen atoms in total. The number of hydrogen-bond donors (Lipinski definition) is 2. The van der Waals surface area contributed by atoms with Crippen LogP contribution in [0.4, 0.5) is 11.4 Å². The van der Waals surface area contributed by atoms with E-state index in [1.165, 1.54) is 17.5 Å². The molecule has 1 aromatic carbocycles. The van der Waals surface area contributed by atoms with Crippen LogP contribution in [0.15, 0.2) is 36.5 Å². The average Bonchev–Trinajstić information content (AvgIpc) is 2.96. The van der Waals surface area contributed by atoms with Gasteiger partial charge in [0.15, 0.2) is 0 Å². The molecule has 1 heterocycles. The summed E-state index contributed by atoms with van der Waals surface area (Å²) in [5.74, 6) is -0.170. The molecule has 1 aliphatic carbocycles. The second-order valence-corrected chi connectivity index (χ2v) is 5.25. The largest absolute Gasteiger partial charge is 0.384 e. The highest BCUT2D eigenvalue weighted by Gasteiger charge is 2.13. The van der Waals surface area contributed by atoms with E-state index in [2.05, 4.69) is 27.8 Å². The van der Waals surface area contributed by atoms with Gasteiger partial charge in [0.25, 0.3) is 5.91 Å². The highest BCUT2D eigenvalue weighted by molar-refractivity contribution is 6.03. The number of aryl methyl sites for hydroxylation is 2. The summed E-state index contributed by atoms with van der Waals surface area (Å²) in [6, 6.07) is 9.76. The number of pyridine rings is 1. The van der Waals surface area contributed by atoms with Crippen molar-refractivity contribution < 1.29 is 4.79 Å². The maximum absolute atomic E-state index is 12.2. The molecule has 2 aromatic rings. The Morgan fingerprint density at radius 1 is 1.14 bits per heavy atom. The first-order chi connectivity index (χ1) is 10.3. The minimum atomic E-state index is -0.170. The van der Waals surface area contributed by atoms with Gasteiger partial charge >= 0.3 is 0 Å². The number of carbonyl (C=O) groups is 1. The number of amides is 1. The van der Waals surface area contributed by atoms with E-state index < -0.39 is 0 Å². The third kappa shape index (κ3) is 3.05. The Morgan fingerprint density at radius 3 is 2.71 bits per heavy atom. The van der Waals surface area contributed by atoms with Crippen LogP contribution in [0.25, 0.3) is 0 Å². The van der Waals surface area contributed by atoms with Crippen molar-refractivity contribution in [3.63, 3.8) is 0 Å². The summed E-state index contributed by atoms with van der Waals surface area (Å²) >= 11 is 0. The van der Waals surface area contributed by atoms with Crippen LogP contribution in [0.3, 0.4) is 0 Å². The summed E-state index contributed by atoms with van der Waals surface area (Å²) in [5, 5.41) is 6.07. The maximum atomic E-state index is 12.2. The first-order valence-electron chi connectivity index (χ1n) is 7.39. The third-order valence-corrected chi connectivity index (χ3v) is 3.73. The van der Waals surface area contributed by atoms with Gasteiger partial charge in [0, 0.05) is 12.2 Å². The van der Waals surface area contributed by atoms with Gasteiger partial charge in [-0.3, -0.25) is 4.79 Å². The molecule has 2 N–H and O–H groups in total. The SMILES string of the molecule is CCNc1ccc(C(=O)Nc2ccc3c(c2)CCC3)nc1. The molecule has 3 rings (SSSR count). The Morgan fingerprint density at radius 2 is 1.95 bits per heavy atom. The molecule has 0 radical (unpaired) electrons. The fourth-order valence-electron chi connectivity index (χ4n) is 2.68. The number of aromatic nitrogens is 1. The summed E-state index contributed by atoms with van der Waals surface area (Å²) < 4.78 is 0. The monoisotopic (exact) mass is 281 g/mol. The van der Waals surface area contributed by atoms with Crippen LogP contribution in [0.2, 0.25) is 0 Å². The number of hydrogen-bond acceptors (Lipinski definition) is 3.